The number of nitrogens with zero attached hydrogens (tertiary/aromatic N) is 1. The van der Waals surface area contributed by atoms with Gasteiger partial charge in [-0.3, -0.25) is 9.59 Å². The van der Waals surface area contributed by atoms with Crippen LogP contribution >= 0.6 is 11.3 Å². The van der Waals surface area contributed by atoms with Crippen LogP contribution in [0.25, 0.3) is 21.3 Å². The van der Waals surface area contributed by atoms with Gasteiger partial charge in [-0.2, -0.15) is 4.39 Å². The highest BCUT2D eigenvalue weighted by atomic mass is 32.1. The number of benzene rings is 1. The van der Waals surface area contributed by atoms with Gasteiger partial charge < -0.3 is 15.0 Å². The molecular weight excluding hydrogens is 439 g/mol. The van der Waals surface area contributed by atoms with Gasteiger partial charge in [0.15, 0.2) is 5.13 Å². The number of hydrogen-bond acceptors (Lipinski definition) is 3. The van der Waals surface area contributed by atoms with E-state index in [0.29, 0.717) is 13.0 Å². The number of aromatic amines is 1. The number of thiophene rings is 1. The molecule has 1 saturated carbocycles. The molecule has 5 rings (SSSR count). The number of fused-ring (bicyclic) bond motifs is 2. The number of carboxylic acid groups (broad SMARTS) is 1. The van der Waals surface area contributed by atoms with E-state index >= 15 is 0 Å². The fourth-order valence-corrected chi connectivity index (χ4v) is 6.82. The normalized spacial score (nSPS) is 23.9. The van der Waals surface area contributed by atoms with Crippen molar-refractivity contribution in [1.29, 1.82) is 0 Å². The molecule has 4 unspecified atom stereocenters. The van der Waals surface area contributed by atoms with Gasteiger partial charge in [0.05, 0.1) is 5.92 Å². The van der Waals surface area contributed by atoms with E-state index in [-0.39, 0.29) is 34.8 Å². The third-order valence-electron chi connectivity index (χ3n) is 7.59. The van der Waals surface area contributed by atoms with Crippen molar-refractivity contribution in [3.8, 4) is 10.4 Å². The SMILES string of the molecule is CC(CC(=O)N1CCCC2C(C(=O)O)CCCC21)c1c[nH]c2cccc(-c3ccc(F)s3)c12. The van der Waals surface area contributed by atoms with Gasteiger partial charge in [-0.05, 0) is 61.3 Å². The molecular formula is C26H29FN2O3S. The summed E-state index contributed by atoms with van der Waals surface area (Å²) < 4.78 is 13.7. The number of aromatic nitrogens is 1. The molecule has 2 N–H and O–H groups in total. The summed E-state index contributed by atoms with van der Waals surface area (Å²) in [5.41, 5.74) is 3.01. The van der Waals surface area contributed by atoms with E-state index in [2.05, 4.69) is 11.9 Å². The Balaban J connectivity index is 1.39. The van der Waals surface area contributed by atoms with Crippen molar-refractivity contribution in [3.63, 3.8) is 0 Å². The van der Waals surface area contributed by atoms with Gasteiger partial charge in [0.25, 0.3) is 0 Å². The highest BCUT2D eigenvalue weighted by Gasteiger charge is 2.43. The van der Waals surface area contributed by atoms with Crippen molar-refractivity contribution >= 4 is 34.1 Å². The number of carboxylic acids is 1. The Morgan fingerprint density at radius 2 is 2.06 bits per heavy atom. The first kappa shape index (κ1) is 22.1. The summed E-state index contributed by atoms with van der Waals surface area (Å²) in [4.78, 5) is 31.4. The molecule has 7 heteroatoms. The van der Waals surface area contributed by atoms with Crippen LogP contribution in [0.5, 0.6) is 0 Å². The van der Waals surface area contributed by atoms with Crippen LogP contribution < -0.4 is 0 Å². The molecule has 1 aliphatic heterocycles. The largest absolute Gasteiger partial charge is 0.481 e. The minimum Gasteiger partial charge on any atom is -0.481 e. The van der Waals surface area contributed by atoms with Crippen molar-refractivity contribution in [2.45, 2.75) is 57.4 Å². The Labute approximate surface area is 196 Å². The Morgan fingerprint density at radius 1 is 1.21 bits per heavy atom. The number of rotatable bonds is 5. The summed E-state index contributed by atoms with van der Waals surface area (Å²) in [7, 11) is 0. The van der Waals surface area contributed by atoms with Gasteiger partial charge in [0, 0.05) is 46.5 Å². The molecule has 2 fully saturated rings. The molecule has 0 radical (unpaired) electrons. The smallest absolute Gasteiger partial charge is 0.306 e. The first-order chi connectivity index (χ1) is 15.9. The molecule has 3 aromatic rings. The van der Waals surface area contributed by atoms with Gasteiger partial charge in [-0.1, -0.05) is 25.5 Å². The second-order valence-corrected chi connectivity index (χ2v) is 10.6. The maximum atomic E-state index is 13.7. The molecule has 1 amide bonds. The molecule has 4 atom stereocenters. The van der Waals surface area contributed by atoms with Crippen molar-refractivity contribution < 1.29 is 19.1 Å². The van der Waals surface area contributed by atoms with E-state index in [9.17, 15) is 19.1 Å². The molecule has 174 valence electrons. The average Bonchev–Trinajstić information content (AvgIpc) is 3.44. The predicted octanol–water partition coefficient (Wildman–Crippen LogP) is 6.02. The molecule has 5 nitrogen and oxygen atoms in total. The lowest BCUT2D eigenvalue weighted by atomic mass is 9.71. The quantitative estimate of drug-likeness (QED) is 0.481. The Morgan fingerprint density at radius 3 is 2.82 bits per heavy atom. The zero-order valence-corrected chi connectivity index (χ0v) is 19.5. The molecule has 2 aliphatic rings. The second-order valence-electron chi connectivity index (χ2n) is 9.52. The summed E-state index contributed by atoms with van der Waals surface area (Å²) in [6.07, 6.45) is 6.58. The summed E-state index contributed by atoms with van der Waals surface area (Å²) in [6, 6.07) is 9.30. The number of carbonyl (C=O) groups is 2. The first-order valence-corrected chi connectivity index (χ1v) is 12.6. The molecule has 0 spiro atoms. The van der Waals surface area contributed by atoms with Crippen LogP contribution in [0, 0.1) is 17.0 Å². The van der Waals surface area contributed by atoms with Crippen molar-refractivity contribution in [2.75, 3.05) is 6.54 Å². The molecule has 1 aliphatic carbocycles. The number of H-pyrrole nitrogens is 1. The molecule has 2 aromatic heterocycles. The lowest BCUT2D eigenvalue weighted by molar-refractivity contribution is -0.152. The highest BCUT2D eigenvalue weighted by Crippen LogP contribution is 2.41. The fraction of sp³-hybridized carbons (Fsp3) is 0.462. The molecule has 1 aromatic carbocycles. The maximum absolute atomic E-state index is 13.7. The number of amides is 1. The van der Waals surface area contributed by atoms with Crippen LogP contribution in [-0.4, -0.2) is 39.5 Å². The molecule has 33 heavy (non-hydrogen) atoms. The van der Waals surface area contributed by atoms with Gasteiger partial charge >= 0.3 is 5.97 Å². The minimum absolute atomic E-state index is 0.0172. The van der Waals surface area contributed by atoms with Crippen molar-refractivity contribution in [3.05, 3.63) is 47.2 Å². The zero-order chi connectivity index (χ0) is 23.1. The third kappa shape index (κ3) is 4.07. The highest BCUT2D eigenvalue weighted by molar-refractivity contribution is 7.14. The number of nitrogens with one attached hydrogen (secondary N) is 1. The number of piperidine rings is 1. The maximum Gasteiger partial charge on any atom is 0.306 e. The van der Waals surface area contributed by atoms with Crippen molar-refractivity contribution in [1.82, 2.24) is 9.88 Å². The predicted molar refractivity (Wildman–Crippen MR) is 128 cm³/mol. The first-order valence-electron chi connectivity index (χ1n) is 11.8. The lowest BCUT2D eigenvalue weighted by Gasteiger charge is -2.46. The van der Waals surface area contributed by atoms with Gasteiger partial charge in [0.1, 0.15) is 0 Å². The zero-order valence-electron chi connectivity index (χ0n) is 18.7. The van der Waals surface area contributed by atoms with Gasteiger partial charge in [-0.15, -0.1) is 11.3 Å². The van der Waals surface area contributed by atoms with E-state index in [1.54, 1.807) is 6.07 Å². The number of halogens is 1. The van der Waals surface area contributed by atoms with Crippen LogP contribution in [0.15, 0.2) is 36.5 Å². The number of aliphatic carboxylic acids is 1. The van der Waals surface area contributed by atoms with Crippen LogP contribution in [-0.2, 0) is 9.59 Å². The topological polar surface area (TPSA) is 73.4 Å². The van der Waals surface area contributed by atoms with Crippen LogP contribution in [0.1, 0.15) is 56.9 Å². The van der Waals surface area contributed by atoms with E-state index in [4.69, 9.17) is 0 Å². The van der Waals surface area contributed by atoms with Crippen LogP contribution in [0.3, 0.4) is 0 Å². The molecule has 3 heterocycles. The Hall–Kier alpha value is -2.67. The standard InChI is InChI=1S/C26H29FN2O3S/c1-15(13-24(30)29-12-4-7-16-17(26(31)32)5-3-9-21(16)29)19-14-28-20-8-2-6-18(25(19)20)22-10-11-23(27)33-22/h2,6,8,10-11,14-17,21,28H,3-5,7,9,12-13H2,1H3,(H,31,32). The van der Waals surface area contributed by atoms with E-state index in [1.165, 1.54) is 6.07 Å². The molecule has 0 bridgehead atoms. The minimum atomic E-state index is -0.719. The van der Waals surface area contributed by atoms with Crippen LogP contribution in [0.4, 0.5) is 4.39 Å². The summed E-state index contributed by atoms with van der Waals surface area (Å²) in [6.45, 7) is 2.78. The lowest BCUT2D eigenvalue weighted by Crippen LogP contribution is -2.53. The fourth-order valence-electron chi connectivity index (χ4n) is 6.06. The van der Waals surface area contributed by atoms with E-state index in [0.717, 1.165) is 70.3 Å². The summed E-state index contributed by atoms with van der Waals surface area (Å²) >= 11 is 1.13. The van der Waals surface area contributed by atoms with Crippen LogP contribution in [0.2, 0.25) is 0 Å². The van der Waals surface area contributed by atoms with Gasteiger partial charge in [0.2, 0.25) is 5.91 Å². The monoisotopic (exact) mass is 468 g/mol. The third-order valence-corrected chi connectivity index (χ3v) is 8.49. The number of hydrogen-bond donors (Lipinski definition) is 2. The molecule has 1 saturated heterocycles. The summed E-state index contributed by atoms with van der Waals surface area (Å²) in [5, 5.41) is 10.5. The van der Waals surface area contributed by atoms with Crippen molar-refractivity contribution in [2.24, 2.45) is 11.8 Å². The van der Waals surface area contributed by atoms with E-state index < -0.39 is 5.97 Å². The van der Waals surface area contributed by atoms with E-state index in [1.807, 2.05) is 29.3 Å². The summed E-state index contributed by atoms with van der Waals surface area (Å²) in [5.74, 6) is -0.894. The van der Waals surface area contributed by atoms with Gasteiger partial charge in [-0.25, -0.2) is 0 Å². The second kappa shape index (κ2) is 8.93. The number of likely N-dealkylation sites (tertiary alicyclic amines) is 1. The average molecular weight is 469 g/mol. The Bertz CT molecular complexity index is 1190. The number of carbonyl (C=O) groups excluding carboxylic acids is 1. The Kier molecular flexibility index (Phi) is 5.99.